The third kappa shape index (κ3) is 5.35. The number of hydrogen-bond acceptors (Lipinski definition) is 11. The van der Waals surface area contributed by atoms with E-state index in [0.717, 1.165) is 16.0 Å². The second-order valence-corrected chi connectivity index (χ2v) is 12.3. The van der Waals surface area contributed by atoms with E-state index in [2.05, 4.69) is 15.3 Å². The van der Waals surface area contributed by atoms with Gasteiger partial charge in [-0.25, -0.2) is 22.4 Å². The molecule has 1 fully saturated rings. The van der Waals surface area contributed by atoms with Crippen molar-refractivity contribution in [2.45, 2.75) is 30.7 Å². The third-order valence-corrected chi connectivity index (χ3v) is 9.32. The van der Waals surface area contributed by atoms with E-state index < -0.39 is 22.0 Å². The maximum atomic E-state index is 13.9. The fraction of sp³-hybridized carbons (Fsp3) is 0.267. The van der Waals surface area contributed by atoms with E-state index in [4.69, 9.17) is 24.9 Å². The molecule has 1 amide bonds. The topological polar surface area (TPSA) is 169 Å². The summed E-state index contributed by atoms with van der Waals surface area (Å²) in [4.78, 5) is 28.0. The van der Waals surface area contributed by atoms with Gasteiger partial charge in [-0.3, -0.25) is 4.79 Å². The Morgan fingerprint density at radius 2 is 1.80 bits per heavy atom. The number of carbonyl (C=O) groups excluding carboxylic acids is 1. The Balaban J connectivity index is 1.47. The highest BCUT2D eigenvalue weighted by molar-refractivity contribution is 7.90. The number of nitrogens with two attached hydrogens (primary N) is 1. The van der Waals surface area contributed by atoms with Gasteiger partial charge in [-0.05, 0) is 43.5 Å². The summed E-state index contributed by atoms with van der Waals surface area (Å²) in [7, 11) is 0.556. The molecule has 2 aromatic carbocycles. The minimum atomic E-state index is -4.03. The van der Waals surface area contributed by atoms with Gasteiger partial charge in [-0.2, -0.15) is 4.98 Å². The predicted molar refractivity (Wildman–Crippen MR) is 167 cm³/mol. The van der Waals surface area contributed by atoms with Gasteiger partial charge in [0.25, 0.3) is 10.0 Å². The van der Waals surface area contributed by atoms with Crippen LogP contribution in [0.2, 0.25) is 0 Å². The lowest BCUT2D eigenvalue weighted by molar-refractivity contribution is -0.119. The van der Waals surface area contributed by atoms with E-state index in [9.17, 15) is 13.2 Å². The maximum Gasteiger partial charge on any atom is 0.268 e. The predicted octanol–water partition coefficient (Wildman–Crippen LogP) is 3.39. The molecule has 4 heterocycles. The molecule has 6 rings (SSSR count). The molecule has 0 bridgehead atoms. The van der Waals surface area contributed by atoms with Crippen LogP contribution < -0.4 is 30.2 Å². The van der Waals surface area contributed by atoms with Gasteiger partial charge < -0.3 is 34.7 Å². The average molecular weight is 633 g/mol. The van der Waals surface area contributed by atoms with E-state index in [0.29, 0.717) is 47.2 Å². The summed E-state index contributed by atoms with van der Waals surface area (Å²) in [6.45, 7) is 2.35. The van der Waals surface area contributed by atoms with Gasteiger partial charge >= 0.3 is 0 Å². The van der Waals surface area contributed by atoms with Crippen LogP contribution in [0, 0.1) is 6.92 Å². The van der Waals surface area contributed by atoms with E-state index in [1.165, 1.54) is 33.6 Å². The molecule has 0 radical (unpaired) electrons. The van der Waals surface area contributed by atoms with Gasteiger partial charge in [-0.15, -0.1) is 0 Å². The minimum absolute atomic E-state index is 0.120. The third-order valence-electron chi connectivity index (χ3n) is 7.65. The maximum absolute atomic E-state index is 13.9. The lowest BCUT2D eigenvalue weighted by Crippen LogP contribution is -2.41. The molecule has 0 spiro atoms. The van der Waals surface area contributed by atoms with Gasteiger partial charge in [0.05, 0.1) is 43.6 Å². The first kappa shape index (κ1) is 29.7. The minimum Gasteiger partial charge on any atom is -0.493 e. The summed E-state index contributed by atoms with van der Waals surface area (Å²) in [6.07, 6.45) is 6.03. The molecular formula is C30H32N8O6S. The Morgan fingerprint density at radius 1 is 1.04 bits per heavy atom. The van der Waals surface area contributed by atoms with E-state index in [1.807, 2.05) is 13.0 Å². The first-order chi connectivity index (χ1) is 21.6. The van der Waals surface area contributed by atoms with Crippen LogP contribution in [0.4, 0.5) is 17.6 Å². The Kier molecular flexibility index (Phi) is 7.70. The number of aromatic nitrogens is 5. The number of amides is 1. The molecule has 234 valence electrons. The van der Waals surface area contributed by atoms with Crippen LogP contribution in [-0.2, 0) is 14.8 Å². The Labute approximate surface area is 259 Å². The van der Waals surface area contributed by atoms with Crippen molar-refractivity contribution in [3.63, 3.8) is 0 Å². The first-order valence-corrected chi connectivity index (χ1v) is 15.5. The molecule has 0 unspecified atom stereocenters. The van der Waals surface area contributed by atoms with Gasteiger partial charge in [0, 0.05) is 24.9 Å². The molecule has 5 aromatic rings. The van der Waals surface area contributed by atoms with E-state index in [1.54, 1.807) is 52.3 Å². The van der Waals surface area contributed by atoms with E-state index in [-0.39, 0.29) is 22.2 Å². The highest BCUT2D eigenvalue weighted by Crippen LogP contribution is 2.39. The number of aryl methyl sites for hydroxylation is 1. The van der Waals surface area contributed by atoms with Crippen molar-refractivity contribution >= 4 is 44.5 Å². The average Bonchev–Trinajstić information content (AvgIpc) is 3.80. The zero-order valence-electron chi connectivity index (χ0n) is 25.1. The molecule has 1 aliphatic heterocycles. The van der Waals surface area contributed by atoms with Crippen molar-refractivity contribution in [2.75, 3.05) is 38.1 Å². The molecule has 1 saturated heterocycles. The Bertz CT molecular complexity index is 2000. The second-order valence-electron chi connectivity index (χ2n) is 10.5. The normalized spacial score (nSPS) is 14.9. The molecule has 0 aliphatic carbocycles. The highest BCUT2D eigenvalue weighted by atomic mass is 32.2. The SMILES string of the molecule is COc1cc(-n2cnc(Nc3nc(N4CCC[C@H]4C(N)=O)nc4ccn(S(=O)(=O)c5cccc(C)c5)c34)c2)cc(OC)c1OC. The summed E-state index contributed by atoms with van der Waals surface area (Å²) in [5, 5.41) is 3.19. The summed E-state index contributed by atoms with van der Waals surface area (Å²) >= 11 is 0. The highest BCUT2D eigenvalue weighted by Gasteiger charge is 2.32. The van der Waals surface area contributed by atoms with Crippen molar-refractivity contribution in [3.05, 3.63) is 66.7 Å². The second kappa shape index (κ2) is 11.6. The number of primary amides is 1. The smallest absolute Gasteiger partial charge is 0.268 e. The fourth-order valence-corrected chi connectivity index (χ4v) is 6.93. The van der Waals surface area contributed by atoms with Crippen molar-refractivity contribution in [3.8, 4) is 22.9 Å². The van der Waals surface area contributed by atoms with Crippen LogP contribution >= 0.6 is 0 Å². The molecule has 45 heavy (non-hydrogen) atoms. The van der Waals surface area contributed by atoms with E-state index >= 15 is 0 Å². The van der Waals surface area contributed by atoms with Crippen molar-refractivity contribution < 1.29 is 27.4 Å². The van der Waals surface area contributed by atoms with Crippen LogP contribution in [0.25, 0.3) is 16.7 Å². The standard InChI is InChI=1S/C30H32N8O6S/c1-18-7-5-8-20(13-18)45(40,41)38-12-10-21-26(38)29(35-30(33-21)37-11-6-9-22(37)28(31)39)34-25-16-36(17-32-25)19-14-23(42-2)27(44-4)24(15-19)43-3/h5,7-8,10,12-17,22H,6,9,11H2,1-4H3,(H2,31,39)(H,33,34,35)/t22-/m0/s1. The zero-order valence-corrected chi connectivity index (χ0v) is 25.9. The lowest BCUT2D eigenvalue weighted by Gasteiger charge is -2.23. The zero-order chi connectivity index (χ0) is 31.9. The van der Waals surface area contributed by atoms with Gasteiger partial charge in [-0.1, -0.05) is 12.1 Å². The van der Waals surface area contributed by atoms with Gasteiger partial charge in [0.1, 0.15) is 23.7 Å². The quantitative estimate of drug-likeness (QED) is 0.231. The molecule has 0 saturated carbocycles. The number of benzene rings is 2. The molecular weight excluding hydrogens is 600 g/mol. The van der Waals surface area contributed by atoms with Gasteiger partial charge in [0.15, 0.2) is 17.3 Å². The Hall–Kier alpha value is -5.31. The molecule has 15 heteroatoms. The van der Waals surface area contributed by atoms with Gasteiger partial charge in [0.2, 0.25) is 17.6 Å². The number of nitrogens with one attached hydrogen (secondary N) is 1. The van der Waals surface area contributed by atoms with Crippen LogP contribution in [0.5, 0.6) is 17.2 Å². The summed E-state index contributed by atoms with van der Waals surface area (Å²) in [6, 6.07) is 11.2. The summed E-state index contributed by atoms with van der Waals surface area (Å²) in [5.41, 5.74) is 7.73. The molecule has 1 atom stereocenters. The largest absolute Gasteiger partial charge is 0.493 e. The summed E-state index contributed by atoms with van der Waals surface area (Å²) < 4.78 is 47.0. The number of ether oxygens (including phenoxy) is 3. The monoisotopic (exact) mass is 632 g/mol. The molecule has 14 nitrogen and oxygen atoms in total. The number of methoxy groups -OCH3 is 3. The summed E-state index contributed by atoms with van der Waals surface area (Å²) in [5.74, 6) is 1.70. The number of carbonyl (C=O) groups is 1. The number of imidazole rings is 1. The lowest BCUT2D eigenvalue weighted by atomic mass is 10.2. The van der Waals surface area contributed by atoms with Crippen molar-refractivity contribution in [2.24, 2.45) is 5.73 Å². The van der Waals surface area contributed by atoms with Crippen LogP contribution in [0.15, 0.2) is 66.1 Å². The van der Waals surface area contributed by atoms with Crippen molar-refractivity contribution in [1.29, 1.82) is 0 Å². The van der Waals surface area contributed by atoms with Crippen LogP contribution in [0.3, 0.4) is 0 Å². The van der Waals surface area contributed by atoms with Crippen LogP contribution in [-0.4, -0.2) is 71.7 Å². The number of rotatable bonds is 10. The fourth-order valence-electron chi connectivity index (χ4n) is 5.48. The van der Waals surface area contributed by atoms with Crippen LogP contribution in [0.1, 0.15) is 18.4 Å². The number of hydrogen-bond donors (Lipinski definition) is 2. The molecule has 1 aliphatic rings. The molecule has 3 aromatic heterocycles. The number of anilines is 3. The number of fused-ring (bicyclic) bond motifs is 1. The van der Waals surface area contributed by atoms with Crippen molar-refractivity contribution in [1.82, 2.24) is 23.5 Å². The number of nitrogens with zero attached hydrogens (tertiary/aromatic N) is 6. The first-order valence-electron chi connectivity index (χ1n) is 14.0. The Morgan fingerprint density at radius 3 is 2.47 bits per heavy atom. The molecule has 3 N–H and O–H groups in total.